The lowest BCUT2D eigenvalue weighted by Crippen LogP contribution is -2.01. The number of benzene rings is 2. The van der Waals surface area contributed by atoms with E-state index in [0.29, 0.717) is 16.3 Å². The fraction of sp³-hybridized carbons (Fsp3) is 0.188. The number of hydrogen-bond acceptors (Lipinski definition) is 2. The molecule has 0 aliphatic carbocycles. The predicted octanol–water partition coefficient (Wildman–Crippen LogP) is 4.33. The van der Waals surface area contributed by atoms with Gasteiger partial charge in [0.2, 0.25) is 0 Å². The first-order valence-electron chi connectivity index (χ1n) is 6.12. The maximum Gasteiger partial charge on any atom is 0.336 e. The van der Waals surface area contributed by atoms with Gasteiger partial charge in [-0.15, -0.1) is 0 Å². The predicted molar refractivity (Wildman–Crippen MR) is 79.9 cm³/mol. The van der Waals surface area contributed by atoms with Crippen molar-refractivity contribution in [3.05, 3.63) is 52.0 Å². The molecule has 0 aliphatic rings. The smallest absolute Gasteiger partial charge is 0.336 e. The average Bonchev–Trinajstić information content (AvgIpc) is 2.42. The van der Waals surface area contributed by atoms with Crippen molar-refractivity contribution in [1.29, 1.82) is 0 Å². The van der Waals surface area contributed by atoms with E-state index in [4.69, 9.17) is 16.3 Å². The molecule has 0 aromatic heterocycles. The summed E-state index contributed by atoms with van der Waals surface area (Å²) < 4.78 is 5.07. The van der Waals surface area contributed by atoms with Gasteiger partial charge in [0.05, 0.1) is 12.7 Å². The van der Waals surface area contributed by atoms with E-state index in [9.17, 15) is 9.90 Å². The first kappa shape index (κ1) is 14.4. The van der Waals surface area contributed by atoms with E-state index in [2.05, 4.69) is 0 Å². The largest absolute Gasteiger partial charge is 0.497 e. The molecule has 0 bridgehead atoms. The molecular weight excluding hydrogens is 276 g/mol. The normalized spacial score (nSPS) is 10.4. The van der Waals surface area contributed by atoms with E-state index in [-0.39, 0.29) is 5.56 Å². The number of carboxylic acid groups (broad SMARTS) is 1. The van der Waals surface area contributed by atoms with Gasteiger partial charge in [0, 0.05) is 10.6 Å². The van der Waals surface area contributed by atoms with E-state index in [1.165, 1.54) is 13.2 Å². The quantitative estimate of drug-likeness (QED) is 0.915. The Labute approximate surface area is 122 Å². The number of methoxy groups -OCH3 is 1. The topological polar surface area (TPSA) is 46.5 Å². The summed E-state index contributed by atoms with van der Waals surface area (Å²) in [6.45, 7) is 3.94. The van der Waals surface area contributed by atoms with Crippen LogP contribution >= 0.6 is 11.6 Å². The van der Waals surface area contributed by atoms with Crippen LogP contribution in [0.15, 0.2) is 30.3 Å². The highest BCUT2D eigenvalue weighted by Gasteiger charge is 2.16. The molecule has 104 valence electrons. The SMILES string of the molecule is COc1ccc(-c2cc(C)c(C)cc2Cl)c(C(=O)O)c1. The molecule has 0 fully saturated rings. The van der Waals surface area contributed by atoms with Crippen LogP contribution in [-0.4, -0.2) is 18.2 Å². The van der Waals surface area contributed by atoms with Gasteiger partial charge in [-0.1, -0.05) is 11.6 Å². The van der Waals surface area contributed by atoms with Gasteiger partial charge >= 0.3 is 5.97 Å². The molecule has 0 spiro atoms. The van der Waals surface area contributed by atoms with Gasteiger partial charge in [-0.3, -0.25) is 0 Å². The zero-order valence-corrected chi connectivity index (χ0v) is 12.3. The van der Waals surface area contributed by atoms with Crippen LogP contribution in [0.1, 0.15) is 21.5 Å². The third kappa shape index (κ3) is 2.63. The molecule has 4 heteroatoms. The van der Waals surface area contributed by atoms with Crippen molar-refractivity contribution < 1.29 is 14.6 Å². The molecule has 1 N–H and O–H groups in total. The van der Waals surface area contributed by atoms with Crippen LogP contribution in [0.5, 0.6) is 5.75 Å². The molecule has 0 heterocycles. The monoisotopic (exact) mass is 290 g/mol. The maximum absolute atomic E-state index is 11.4. The molecule has 0 amide bonds. The highest BCUT2D eigenvalue weighted by atomic mass is 35.5. The number of ether oxygens (including phenoxy) is 1. The van der Waals surface area contributed by atoms with Crippen molar-refractivity contribution in [3.63, 3.8) is 0 Å². The summed E-state index contributed by atoms with van der Waals surface area (Å²) in [7, 11) is 1.50. The summed E-state index contributed by atoms with van der Waals surface area (Å²) in [5, 5.41) is 9.91. The molecule has 2 aromatic carbocycles. The van der Waals surface area contributed by atoms with Gasteiger partial charge in [0.15, 0.2) is 0 Å². The Hall–Kier alpha value is -2.00. The van der Waals surface area contributed by atoms with Gasteiger partial charge in [-0.25, -0.2) is 4.79 Å². The summed E-state index contributed by atoms with van der Waals surface area (Å²) in [6, 6.07) is 8.71. The summed E-state index contributed by atoms with van der Waals surface area (Å²) in [5.74, 6) is -0.501. The average molecular weight is 291 g/mol. The summed E-state index contributed by atoms with van der Waals surface area (Å²) >= 11 is 6.26. The van der Waals surface area contributed by atoms with Gasteiger partial charge < -0.3 is 9.84 Å². The summed E-state index contributed by atoms with van der Waals surface area (Å²) in [4.78, 5) is 11.4. The van der Waals surface area contributed by atoms with Gasteiger partial charge in [0.25, 0.3) is 0 Å². The first-order valence-corrected chi connectivity index (χ1v) is 6.50. The lowest BCUT2D eigenvalue weighted by Gasteiger charge is -2.12. The minimum atomic E-state index is -1.01. The second kappa shape index (κ2) is 5.55. The van der Waals surface area contributed by atoms with E-state index in [1.54, 1.807) is 12.1 Å². The lowest BCUT2D eigenvalue weighted by atomic mass is 9.96. The van der Waals surface area contributed by atoms with Crippen molar-refractivity contribution in [2.75, 3.05) is 7.11 Å². The number of aromatic carboxylic acids is 1. The number of hydrogen-bond donors (Lipinski definition) is 1. The maximum atomic E-state index is 11.4. The number of carboxylic acids is 1. The molecule has 20 heavy (non-hydrogen) atoms. The fourth-order valence-corrected chi connectivity index (χ4v) is 2.37. The Bertz CT molecular complexity index is 678. The molecule has 0 aliphatic heterocycles. The molecule has 0 radical (unpaired) electrons. The Morgan fingerprint density at radius 3 is 2.35 bits per heavy atom. The van der Waals surface area contributed by atoms with Crippen molar-refractivity contribution in [3.8, 4) is 16.9 Å². The molecule has 3 nitrogen and oxygen atoms in total. The van der Waals surface area contributed by atoms with Crippen LogP contribution < -0.4 is 4.74 Å². The third-order valence-electron chi connectivity index (χ3n) is 3.33. The molecule has 0 unspecified atom stereocenters. The zero-order valence-electron chi connectivity index (χ0n) is 11.5. The standard InChI is InChI=1S/C16H15ClO3/c1-9-6-13(15(17)7-10(9)2)12-5-4-11(20-3)8-14(12)16(18)19/h4-8H,1-3H3,(H,18,19). The van der Waals surface area contributed by atoms with Gasteiger partial charge in [-0.2, -0.15) is 0 Å². The summed E-state index contributed by atoms with van der Waals surface area (Å²) in [5.41, 5.74) is 3.62. The summed E-state index contributed by atoms with van der Waals surface area (Å²) in [6.07, 6.45) is 0. The molecule has 0 atom stereocenters. The van der Waals surface area contributed by atoms with Crippen LogP contribution in [0.4, 0.5) is 0 Å². The van der Waals surface area contributed by atoms with Crippen molar-refractivity contribution >= 4 is 17.6 Å². The number of carbonyl (C=O) groups is 1. The van der Waals surface area contributed by atoms with Crippen LogP contribution in [-0.2, 0) is 0 Å². The molecule has 0 saturated heterocycles. The van der Waals surface area contributed by atoms with Gasteiger partial charge in [0.1, 0.15) is 5.75 Å². The third-order valence-corrected chi connectivity index (χ3v) is 3.64. The Kier molecular flexibility index (Phi) is 4.00. The highest BCUT2D eigenvalue weighted by molar-refractivity contribution is 6.33. The lowest BCUT2D eigenvalue weighted by molar-refractivity contribution is 0.0697. The van der Waals surface area contributed by atoms with Crippen LogP contribution in [0.3, 0.4) is 0 Å². The highest BCUT2D eigenvalue weighted by Crippen LogP contribution is 2.34. The molecular formula is C16H15ClO3. The van der Waals surface area contributed by atoms with E-state index in [0.717, 1.165) is 16.7 Å². The minimum Gasteiger partial charge on any atom is -0.497 e. The van der Waals surface area contributed by atoms with E-state index >= 15 is 0 Å². The first-order chi connectivity index (χ1) is 9.43. The van der Waals surface area contributed by atoms with Crippen LogP contribution in [0, 0.1) is 13.8 Å². The zero-order chi connectivity index (χ0) is 14.9. The van der Waals surface area contributed by atoms with E-state index < -0.39 is 5.97 Å². The second-order valence-corrected chi connectivity index (χ2v) is 5.04. The number of rotatable bonds is 3. The van der Waals surface area contributed by atoms with Gasteiger partial charge in [-0.05, 0) is 60.9 Å². The van der Waals surface area contributed by atoms with Crippen molar-refractivity contribution in [2.24, 2.45) is 0 Å². The Morgan fingerprint density at radius 1 is 1.10 bits per heavy atom. The second-order valence-electron chi connectivity index (χ2n) is 4.63. The van der Waals surface area contributed by atoms with Crippen LogP contribution in [0.25, 0.3) is 11.1 Å². The molecule has 2 rings (SSSR count). The van der Waals surface area contributed by atoms with Crippen molar-refractivity contribution in [2.45, 2.75) is 13.8 Å². The number of aryl methyl sites for hydroxylation is 2. The molecule has 0 saturated carbocycles. The minimum absolute atomic E-state index is 0.175. The molecule has 2 aromatic rings. The fourth-order valence-electron chi connectivity index (χ4n) is 2.05. The van der Waals surface area contributed by atoms with Crippen LogP contribution in [0.2, 0.25) is 5.02 Å². The van der Waals surface area contributed by atoms with E-state index in [1.807, 2.05) is 26.0 Å². The Morgan fingerprint density at radius 2 is 1.75 bits per heavy atom. The van der Waals surface area contributed by atoms with Crippen molar-refractivity contribution in [1.82, 2.24) is 0 Å². The Balaban J connectivity index is 2.69. The number of halogens is 1.